The molecule has 0 saturated carbocycles. The molecule has 0 aromatic carbocycles. The molecular formula is C11H11FN2O2. The number of carbonyl (C=O) groups is 1. The maximum absolute atomic E-state index is 12.7. The van der Waals surface area contributed by atoms with Crippen molar-refractivity contribution < 1.29 is 13.9 Å². The summed E-state index contributed by atoms with van der Waals surface area (Å²) in [6.07, 6.45) is -0.0640. The summed E-state index contributed by atoms with van der Waals surface area (Å²) in [4.78, 5) is 14.4. The normalized spacial score (nSPS) is 9.12. The molecule has 0 atom stereocenters. The molecule has 0 aliphatic heterocycles. The van der Waals surface area contributed by atoms with Gasteiger partial charge in [-0.3, -0.25) is 4.79 Å². The number of hydrogen-bond donors (Lipinski definition) is 1. The van der Waals surface area contributed by atoms with Gasteiger partial charge in [0.1, 0.15) is 12.1 Å². The number of carbonyl (C=O) groups excluding carboxylic acids is 1. The van der Waals surface area contributed by atoms with E-state index in [0.717, 1.165) is 6.07 Å². The first-order valence-electron chi connectivity index (χ1n) is 4.70. The number of aromatic nitrogens is 1. The standard InChI is InChI=1S/C11H11FN2O2/c1-2-16-11(15)5-3-4-9-8(13)6-7-10(12)14-9/h6-7H,2,5,13H2,1H3. The molecule has 0 aliphatic carbocycles. The van der Waals surface area contributed by atoms with Crippen LogP contribution in [0.15, 0.2) is 12.1 Å². The van der Waals surface area contributed by atoms with E-state index >= 15 is 0 Å². The number of rotatable bonds is 2. The first-order valence-corrected chi connectivity index (χ1v) is 4.70. The van der Waals surface area contributed by atoms with Gasteiger partial charge in [0.05, 0.1) is 12.3 Å². The van der Waals surface area contributed by atoms with E-state index in [-0.39, 0.29) is 17.8 Å². The van der Waals surface area contributed by atoms with Gasteiger partial charge in [0.15, 0.2) is 0 Å². The maximum atomic E-state index is 12.7. The van der Waals surface area contributed by atoms with Gasteiger partial charge in [0, 0.05) is 0 Å². The minimum Gasteiger partial charge on any atom is -0.465 e. The Morgan fingerprint density at radius 3 is 3.06 bits per heavy atom. The van der Waals surface area contributed by atoms with Crippen molar-refractivity contribution in [1.82, 2.24) is 4.98 Å². The summed E-state index contributed by atoms with van der Waals surface area (Å²) in [6, 6.07) is 2.52. The second-order valence-electron chi connectivity index (χ2n) is 2.86. The first kappa shape index (κ1) is 12.0. The van der Waals surface area contributed by atoms with Crippen molar-refractivity contribution in [3.8, 4) is 11.8 Å². The summed E-state index contributed by atoms with van der Waals surface area (Å²) in [7, 11) is 0. The number of nitrogen functional groups attached to an aromatic ring is 1. The first-order chi connectivity index (χ1) is 7.63. The second kappa shape index (κ2) is 5.71. The predicted molar refractivity (Wildman–Crippen MR) is 56.7 cm³/mol. The van der Waals surface area contributed by atoms with E-state index in [1.54, 1.807) is 6.92 Å². The maximum Gasteiger partial charge on any atom is 0.317 e. The molecule has 1 aromatic heterocycles. The van der Waals surface area contributed by atoms with Crippen LogP contribution in [-0.2, 0) is 9.53 Å². The van der Waals surface area contributed by atoms with Gasteiger partial charge in [0.25, 0.3) is 0 Å². The molecule has 0 fully saturated rings. The van der Waals surface area contributed by atoms with Gasteiger partial charge in [-0.2, -0.15) is 4.39 Å². The minimum atomic E-state index is -0.658. The van der Waals surface area contributed by atoms with E-state index < -0.39 is 11.9 Å². The Morgan fingerprint density at radius 2 is 2.38 bits per heavy atom. The molecule has 1 aromatic rings. The second-order valence-corrected chi connectivity index (χ2v) is 2.86. The zero-order valence-electron chi connectivity index (χ0n) is 8.79. The van der Waals surface area contributed by atoms with E-state index in [1.807, 2.05) is 0 Å². The number of nitrogens with two attached hydrogens (primary N) is 1. The van der Waals surface area contributed by atoms with Crippen LogP contribution in [0.1, 0.15) is 19.0 Å². The Hall–Kier alpha value is -2.09. The van der Waals surface area contributed by atoms with Gasteiger partial charge in [-0.25, -0.2) is 4.98 Å². The monoisotopic (exact) mass is 222 g/mol. The molecule has 0 aliphatic rings. The summed E-state index contributed by atoms with van der Waals surface area (Å²) >= 11 is 0. The third-order valence-electron chi connectivity index (χ3n) is 1.64. The molecule has 0 radical (unpaired) electrons. The summed E-state index contributed by atoms with van der Waals surface area (Å²) in [5.41, 5.74) is 5.92. The Bertz CT molecular complexity index is 449. The number of nitrogens with zero attached hydrogens (tertiary/aromatic N) is 1. The molecule has 84 valence electrons. The van der Waals surface area contributed by atoms with Crippen LogP contribution in [0.5, 0.6) is 0 Å². The van der Waals surface area contributed by atoms with Gasteiger partial charge < -0.3 is 10.5 Å². The molecule has 1 heterocycles. The van der Waals surface area contributed by atoms with Crippen LogP contribution in [0.2, 0.25) is 0 Å². The van der Waals surface area contributed by atoms with Gasteiger partial charge in [-0.15, -0.1) is 0 Å². The van der Waals surface area contributed by atoms with Crippen molar-refractivity contribution in [2.75, 3.05) is 12.3 Å². The van der Waals surface area contributed by atoms with Crippen LogP contribution in [0.4, 0.5) is 10.1 Å². The van der Waals surface area contributed by atoms with Crippen molar-refractivity contribution in [2.45, 2.75) is 13.3 Å². The lowest BCUT2D eigenvalue weighted by Gasteiger charge is -1.96. The fourth-order valence-electron chi connectivity index (χ4n) is 0.958. The topological polar surface area (TPSA) is 65.2 Å². The zero-order chi connectivity index (χ0) is 12.0. The molecule has 1 rings (SSSR count). The van der Waals surface area contributed by atoms with Crippen LogP contribution in [0.25, 0.3) is 0 Å². The van der Waals surface area contributed by atoms with E-state index in [4.69, 9.17) is 5.73 Å². The molecule has 16 heavy (non-hydrogen) atoms. The van der Waals surface area contributed by atoms with Crippen molar-refractivity contribution in [2.24, 2.45) is 0 Å². The number of esters is 1. The highest BCUT2D eigenvalue weighted by atomic mass is 19.1. The Balaban J connectivity index is 2.69. The van der Waals surface area contributed by atoms with Gasteiger partial charge >= 0.3 is 5.97 Å². The number of hydrogen-bond acceptors (Lipinski definition) is 4. The Labute approximate surface area is 92.6 Å². The Morgan fingerprint density at radius 1 is 1.62 bits per heavy atom. The van der Waals surface area contributed by atoms with E-state index in [9.17, 15) is 9.18 Å². The summed E-state index contributed by atoms with van der Waals surface area (Å²) in [5, 5.41) is 0. The highest BCUT2D eigenvalue weighted by Gasteiger charge is 2.00. The van der Waals surface area contributed by atoms with E-state index in [1.165, 1.54) is 6.07 Å². The lowest BCUT2D eigenvalue weighted by molar-refractivity contribution is -0.141. The number of pyridine rings is 1. The van der Waals surface area contributed by atoms with Crippen LogP contribution >= 0.6 is 0 Å². The predicted octanol–water partition coefficient (Wildman–Crippen LogP) is 1.11. The summed E-state index contributed by atoms with van der Waals surface area (Å²) in [6.45, 7) is 2.01. The summed E-state index contributed by atoms with van der Waals surface area (Å²) < 4.78 is 17.4. The van der Waals surface area contributed by atoms with Crippen molar-refractivity contribution >= 4 is 11.7 Å². The largest absolute Gasteiger partial charge is 0.465 e. The SMILES string of the molecule is CCOC(=O)CC#Cc1nc(F)ccc1N. The smallest absolute Gasteiger partial charge is 0.317 e. The lowest BCUT2D eigenvalue weighted by Crippen LogP contribution is -2.02. The molecule has 5 heteroatoms. The fraction of sp³-hybridized carbons (Fsp3) is 0.273. The van der Waals surface area contributed by atoms with Crippen LogP contribution in [0.3, 0.4) is 0 Å². The summed E-state index contributed by atoms with van der Waals surface area (Å²) in [5.74, 6) is 3.95. The molecule has 0 amide bonds. The number of ether oxygens (including phenoxy) is 1. The van der Waals surface area contributed by atoms with Crippen molar-refractivity contribution in [3.05, 3.63) is 23.8 Å². The quantitative estimate of drug-likeness (QED) is 0.462. The van der Waals surface area contributed by atoms with E-state index in [2.05, 4.69) is 21.6 Å². The van der Waals surface area contributed by atoms with E-state index in [0.29, 0.717) is 6.61 Å². The lowest BCUT2D eigenvalue weighted by atomic mass is 10.3. The molecular weight excluding hydrogens is 211 g/mol. The molecule has 0 unspecified atom stereocenters. The molecule has 0 saturated heterocycles. The third kappa shape index (κ3) is 3.58. The van der Waals surface area contributed by atoms with Gasteiger partial charge in [0.2, 0.25) is 5.95 Å². The van der Waals surface area contributed by atoms with Gasteiger partial charge in [-0.05, 0) is 25.0 Å². The number of halogens is 1. The third-order valence-corrected chi connectivity index (χ3v) is 1.64. The zero-order valence-corrected chi connectivity index (χ0v) is 8.79. The molecule has 2 N–H and O–H groups in total. The van der Waals surface area contributed by atoms with Crippen molar-refractivity contribution in [1.29, 1.82) is 0 Å². The average Bonchev–Trinajstić information content (AvgIpc) is 2.23. The van der Waals surface area contributed by atoms with Crippen molar-refractivity contribution in [3.63, 3.8) is 0 Å². The highest BCUT2D eigenvalue weighted by molar-refractivity contribution is 5.72. The molecule has 0 bridgehead atoms. The minimum absolute atomic E-state index is 0.0640. The molecule has 4 nitrogen and oxygen atoms in total. The molecule has 0 spiro atoms. The Kier molecular flexibility index (Phi) is 4.28. The highest BCUT2D eigenvalue weighted by Crippen LogP contribution is 2.07. The fourth-order valence-corrected chi connectivity index (χ4v) is 0.958. The average molecular weight is 222 g/mol. The van der Waals surface area contributed by atoms with Gasteiger partial charge in [-0.1, -0.05) is 5.92 Å². The van der Waals surface area contributed by atoms with Crippen LogP contribution in [0, 0.1) is 17.8 Å². The van der Waals surface area contributed by atoms with Crippen LogP contribution < -0.4 is 5.73 Å². The van der Waals surface area contributed by atoms with Crippen LogP contribution in [-0.4, -0.2) is 17.6 Å². The number of anilines is 1.